The summed E-state index contributed by atoms with van der Waals surface area (Å²) in [5.41, 5.74) is 0. The molecule has 7 heteroatoms. The predicted octanol–water partition coefficient (Wildman–Crippen LogP) is 1.53. The molecule has 100 valence electrons. The Balaban J connectivity index is 2.30. The summed E-state index contributed by atoms with van der Waals surface area (Å²) in [6.07, 6.45) is 4.41. The van der Waals surface area contributed by atoms with Crippen LogP contribution >= 0.6 is 11.6 Å². The number of pyridine rings is 1. The fraction of sp³-hybridized carbons (Fsp3) is 0.545. The average molecular weight is 291 g/mol. The third kappa shape index (κ3) is 2.66. The highest BCUT2D eigenvalue weighted by Gasteiger charge is 2.35. The van der Waals surface area contributed by atoms with Gasteiger partial charge in [0.05, 0.1) is 11.6 Å². The van der Waals surface area contributed by atoms with E-state index in [4.69, 9.17) is 16.3 Å². The van der Waals surface area contributed by atoms with E-state index in [0.29, 0.717) is 18.2 Å². The van der Waals surface area contributed by atoms with Gasteiger partial charge in [-0.05, 0) is 18.9 Å². The van der Waals surface area contributed by atoms with Crippen LogP contribution < -0.4 is 0 Å². The minimum absolute atomic E-state index is 0.0982. The summed E-state index contributed by atoms with van der Waals surface area (Å²) in [6, 6.07) is 1.32. The molecule has 2 rings (SSSR count). The van der Waals surface area contributed by atoms with E-state index in [0.717, 1.165) is 12.8 Å². The van der Waals surface area contributed by atoms with Crippen molar-refractivity contribution in [2.24, 2.45) is 0 Å². The molecule has 0 aliphatic carbocycles. The van der Waals surface area contributed by atoms with Gasteiger partial charge in [0.25, 0.3) is 0 Å². The van der Waals surface area contributed by atoms with E-state index in [-0.39, 0.29) is 10.9 Å². The zero-order valence-electron chi connectivity index (χ0n) is 10.0. The van der Waals surface area contributed by atoms with Crippen LogP contribution in [0.25, 0.3) is 0 Å². The zero-order valence-corrected chi connectivity index (χ0v) is 11.6. The maximum absolute atomic E-state index is 12.4. The number of hydrogen-bond donors (Lipinski definition) is 0. The molecule has 2 heterocycles. The van der Waals surface area contributed by atoms with Crippen molar-refractivity contribution >= 4 is 21.6 Å². The summed E-state index contributed by atoms with van der Waals surface area (Å²) < 4.78 is 31.4. The molecule has 0 unspecified atom stereocenters. The van der Waals surface area contributed by atoms with Crippen molar-refractivity contribution in [1.82, 2.24) is 9.29 Å². The second-order valence-electron chi connectivity index (χ2n) is 4.21. The van der Waals surface area contributed by atoms with Crippen LogP contribution in [-0.4, -0.2) is 44.0 Å². The van der Waals surface area contributed by atoms with E-state index in [9.17, 15) is 8.42 Å². The van der Waals surface area contributed by atoms with E-state index in [1.165, 1.54) is 22.8 Å². The Morgan fingerprint density at radius 2 is 2.33 bits per heavy atom. The minimum atomic E-state index is -3.53. The Labute approximate surface area is 112 Å². The van der Waals surface area contributed by atoms with Gasteiger partial charge in [0.15, 0.2) is 0 Å². The normalized spacial score (nSPS) is 21.3. The maximum Gasteiger partial charge on any atom is 0.244 e. The summed E-state index contributed by atoms with van der Waals surface area (Å²) in [5.74, 6) is 0. The van der Waals surface area contributed by atoms with Gasteiger partial charge in [-0.15, -0.1) is 0 Å². The summed E-state index contributed by atoms with van der Waals surface area (Å²) in [5, 5.41) is 0.318. The van der Waals surface area contributed by atoms with Crippen LogP contribution in [0.5, 0.6) is 0 Å². The number of rotatable bonds is 4. The Morgan fingerprint density at radius 1 is 1.56 bits per heavy atom. The molecule has 0 N–H and O–H groups in total. The lowest BCUT2D eigenvalue weighted by molar-refractivity contribution is 0.149. The summed E-state index contributed by atoms with van der Waals surface area (Å²) >= 11 is 5.78. The average Bonchev–Trinajstić information content (AvgIpc) is 2.78. The second kappa shape index (κ2) is 5.52. The Hall–Kier alpha value is -0.690. The fourth-order valence-electron chi connectivity index (χ4n) is 2.15. The maximum atomic E-state index is 12.4. The SMILES string of the molecule is COC[C@H]1CCCN1S(=O)(=O)c1cncc(Cl)c1. The van der Waals surface area contributed by atoms with E-state index in [1.807, 2.05) is 0 Å². The first kappa shape index (κ1) is 13.7. The lowest BCUT2D eigenvalue weighted by Crippen LogP contribution is -2.38. The molecule has 0 aromatic carbocycles. The second-order valence-corrected chi connectivity index (χ2v) is 6.53. The molecular weight excluding hydrogens is 276 g/mol. The first-order valence-electron chi connectivity index (χ1n) is 5.67. The molecule has 1 aromatic rings. The lowest BCUT2D eigenvalue weighted by Gasteiger charge is -2.23. The Morgan fingerprint density at radius 3 is 3.00 bits per heavy atom. The number of hydrogen-bond acceptors (Lipinski definition) is 4. The van der Waals surface area contributed by atoms with Gasteiger partial charge < -0.3 is 4.74 Å². The van der Waals surface area contributed by atoms with Gasteiger partial charge in [0, 0.05) is 32.1 Å². The third-order valence-corrected chi connectivity index (χ3v) is 5.09. The predicted molar refractivity (Wildman–Crippen MR) is 68.0 cm³/mol. The summed E-state index contributed by atoms with van der Waals surface area (Å²) in [4.78, 5) is 3.96. The van der Waals surface area contributed by atoms with Crippen molar-refractivity contribution in [2.45, 2.75) is 23.8 Å². The van der Waals surface area contributed by atoms with Gasteiger partial charge in [-0.25, -0.2) is 8.42 Å². The van der Waals surface area contributed by atoms with Crippen molar-refractivity contribution in [3.63, 3.8) is 0 Å². The largest absolute Gasteiger partial charge is 0.383 e. The smallest absolute Gasteiger partial charge is 0.244 e. The topological polar surface area (TPSA) is 59.5 Å². The molecule has 1 aliphatic rings. The highest BCUT2D eigenvalue weighted by Crippen LogP contribution is 2.26. The van der Waals surface area contributed by atoms with Crippen molar-refractivity contribution in [1.29, 1.82) is 0 Å². The summed E-state index contributed by atoms with van der Waals surface area (Å²) in [6.45, 7) is 0.927. The highest BCUT2D eigenvalue weighted by molar-refractivity contribution is 7.89. The van der Waals surface area contributed by atoms with Gasteiger partial charge in [-0.2, -0.15) is 4.31 Å². The number of nitrogens with zero attached hydrogens (tertiary/aromatic N) is 2. The molecule has 18 heavy (non-hydrogen) atoms. The van der Waals surface area contributed by atoms with Gasteiger partial charge in [0.1, 0.15) is 4.90 Å². The van der Waals surface area contributed by atoms with Crippen LogP contribution in [0.2, 0.25) is 5.02 Å². The summed E-state index contributed by atoms with van der Waals surface area (Å²) in [7, 11) is -1.95. The standard InChI is InChI=1S/C11H15ClN2O3S/c1-17-8-10-3-2-4-14(10)18(15,16)11-5-9(12)6-13-7-11/h5-7,10H,2-4,8H2,1H3/t10-/m1/s1. The number of sulfonamides is 1. The molecule has 1 fully saturated rings. The molecule has 0 radical (unpaired) electrons. The van der Waals surface area contributed by atoms with Gasteiger partial charge >= 0.3 is 0 Å². The van der Waals surface area contributed by atoms with Crippen LogP contribution in [0, 0.1) is 0 Å². The Kier molecular flexibility index (Phi) is 4.21. The Bertz CT molecular complexity index is 521. The lowest BCUT2D eigenvalue weighted by atomic mass is 10.2. The van der Waals surface area contributed by atoms with Crippen LogP contribution in [0.3, 0.4) is 0 Å². The van der Waals surface area contributed by atoms with Crippen LogP contribution in [0.15, 0.2) is 23.4 Å². The van der Waals surface area contributed by atoms with Crippen molar-refractivity contribution < 1.29 is 13.2 Å². The molecule has 5 nitrogen and oxygen atoms in total. The van der Waals surface area contributed by atoms with E-state index >= 15 is 0 Å². The molecule has 0 saturated carbocycles. The molecule has 1 saturated heterocycles. The zero-order chi connectivity index (χ0) is 13.2. The first-order chi connectivity index (χ1) is 8.55. The molecule has 1 aliphatic heterocycles. The molecule has 1 aromatic heterocycles. The minimum Gasteiger partial charge on any atom is -0.383 e. The molecule has 0 spiro atoms. The number of methoxy groups -OCH3 is 1. The number of halogens is 1. The third-order valence-electron chi connectivity index (χ3n) is 2.97. The first-order valence-corrected chi connectivity index (χ1v) is 7.49. The van der Waals surface area contributed by atoms with Gasteiger partial charge in [-0.3, -0.25) is 4.98 Å². The van der Waals surface area contributed by atoms with Crippen molar-refractivity contribution in [3.8, 4) is 0 Å². The molecule has 0 bridgehead atoms. The van der Waals surface area contributed by atoms with Crippen molar-refractivity contribution in [2.75, 3.05) is 20.3 Å². The molecule has 0 amide bonds. The molecular formula is C11H15ClN2O3S. The highest BCUT2D eigenvalue weighted by atomic mass is 35.5. The number of aromatic nitrogens is 1. The van der Waals surface area contributed by atoms with Crippen LogP contribution in [0.1, 0.15) is 12.8 Å². The fourth-order valence-corrected chi connectivity index (χ4v) is 4.06. The van der Waals surface area contributed by atoms with E-state index < -0.39 is 10.0 Å². The van der Waals surface area contributed by atoms with Crippen LogP contribution in [0.4, 0.5) is 0 Å². The van der Waals surface area contributed by atoms with E-state index in [2.05, 4.69) is 4.98 Å². The van der Waals surface area contributed by atoms with Crippen molar-refractivity contribution in [3.05, 3.63) is 23.5 Å². The quantitative estimate of drug-likeness (QED) is 0.844. The monoisotopic (exact) mass is 290 g/mol. The molecule has 1 atom stereocenters. The number of ether oxygens (including phenoxy) is 1. The van der Waals surface area contributed by atoms with Crippen LogP contribution in [-0.2, 0) is 14.8 Å². The van der Waals surface area contributed by atoms with Gasteiger partial charge in [-0.1, -0.05) is 11.6 Å². The van der Waals surface area contributed by atoms with Gasteiger partial charge in [0.2, 0.25) is 10.0 Å². The van der Waals surface area contributed by atoms with E-state index in [1.54, 1.807) is 7.11 Å².